The fourth-order valence-electron chi connectivity index (χ4n) is 2.36. The maximum atomic E-state index is 12.5. The summed E-state index contributed by atoms with van der Waals surface area (Å²) >= 11 is 7.44. The van der Waals surface area contributed by atoms with Gasteiger partial charge in [-0.05, 0) is 24.5 Å². The molecule has 1 aliphatic heterocycles. The number of rotatable bonds is 6. The Morgan fingerprint density at radius 2 is 2.16 bits per heavy atom. The number of hydrogen-bond donors (Lipinski definition) is 0. The number of thioether (sulfide) groups is 1. The summed E-state index contributed by atoms with van der Waals surface area (Å²) in [5.41, 5.74) is 1.20. The molecule has 1 aromatic rings. The van der Waals surface area contributed by atoms with E-state index < -0.39 is 0 Å². The Morgan fingerprint density at radius 1 is 1.37 bits per heavy atom. The largest absolute Gasteiger partial charge is 0.345 e. The lowest BCUT2D eigenvalue weighted by atomic mass is 10.00. The van der Waals surface area contributed by atoms with E-state index in [1.807, 2.05) is 24.1 Å². The molecule has 0 N–H and O–H groups in total. The number of nitrogens with zero attached hydrogens (tertiary/aromatic N) is 1. The number of halogens is 1. The summed E-state index contributed by atoms with van der Waals surface area (Å²) in [7, 11) is 1.91. The van der Waals surface area contributed by atoms with Gasteiger partial charge in [-0.3, -0.25) is 4.79 Å². The molecule has 2 rings (SSSR count). The lowest BCUT2D eigenvalue weighted by molar-refractivity contribution is -0.131. The molecule has 1 heterocycles. The van der Waals surface area contributed by atoms with E-state index in [2.05, 4.69) is 12.1 Å². The predicted octanol–water partition coefficient (Wildman–Crippen LogP) is 3.74. The van der Waals surface area contributed by atoms with Gasteiger partial charge in [0.2, 0.25) is 5.91 Å². The number of benzene rings is 1. The highest BCUT2D eigenvalue weighted by atomic mass is 35.5. The van der Waals surface area contributed by atoms with E-state index >= 15 is 0 Å². The number of alkyl halides is 1. The minimum Gasteiger partial charge on any atom is -0.345 e. The Bertz CT molecular complexity index is 438. The van der Waals surface area contributed by atoms with Crippen LogP contribution in [0.25, 0.3) is 0 Å². The molecule has 1 unspecified atom stereocenters. The maximum Gasteiger partial charge on any atom is 0.230 e. The van der Waals surface area contributed by atoms with Crippen molar-refractivity contribution in [1.29, 1.82) is 0 Å². The molecule has 0 bridgehead atoms. The second-order valence-corrected chi connectivity index (χ2v) is 6.35. The number of amides is 1. The van der Waals surface area contributed by atoms with E-state index in [1.54, 1.807) is 11.8 Å². The van der Waals surface area contributed by atoms with Crippen LogP contribution in [0.2, 0.25) is 0 Å². The van der Waals surface area contributed by atoms with Crippen molar-refractivity contribution in [3.8, 4) is 0 Å². The van der Waals surface area contributed by atoms with Gasteiger partial charge in [0, 0.05) is 30.1 Å². The zero-order valence-electron chi connectivity index (χ0n) is 11.3. The van der Waals surface area contributed by atoms with Crippen molar-refractivity contribution in [3.63, 3.8) is 0 Å². The van der Waals surface area contributed by atoms with Crippen LogP contribution in [-0.2, 0) is 4.79 Å². The molecule has 2 nitrogen and oxygen atoms in total. The quantitative estimate of drug-likeness (QED) is 0.589. The van der Waals surface area contributed by atoms with Gasteiger partial charge >= 0.3 is 0 Å². The zero-order chi connectivity index (χ0) is 13.7. The molecule has 0 aliphatic carbocycles. The summed E-state index contributed by atoms with van der Waals surface area (Å²) in [5.74, 6) is 1.89. The van der Waals surface area contributed by atoms with E-state index in [4.69, 9.17) is 11.6 Å². The molecule has 0 saturated carbocycles. The molecule has 1 atom stereocenters. The van der Waals surface area contributed by atoms with Gasteiger partial charge in [-0.1, -0.05) is 24.6 Å². The van der Waals surface area contributed by atoms with E-state index in [0.717, 1.165) is 31.6 Å². The van der Waals surface area contributed by atoms with Gasteiger partial charge in [-0.15, -0.1) is 23.4 Å². The van der Waals surface area contributed by atoms with Gasteiger partial charge in [0.15, 0.2) is 0 Å². The summed E-state index contributed by atoms with van der Waals surface area (Å²) in [5, 5.41) is 0. The molecule has 104 valence electrons. The maximum absolute atomic E-state index is 12.5. The third-order valence-electron chi connectivity index (χ3n) is 3.50. The topological polar surface area (TPSA) is 20.3 Å². The molecular formula is C15H20ClNOS. The van der Waals surface area contributed by atoms with Crippen LogP contribution in [0.1, 0.15) is 30.7 Å². The lowest BCUT2D eigenvalue weighted by Gasteiger charge is -2.21. The minimum absolute atomic E-state index is 0.0410. The molecule has 1 aliphatic rings. The van der Waals surface area contributed by atoms with Crippen LogP contribution in [0.4, 0.5) is 0 Å². The highest BCUT2D eigenvalue weighted by molar-refractivity contribution is 7.99. The number of unbranched alkanes of at least 4 members (excludes halogenated alkanes) is 2. The number of likely N-dealkylation sites (N-methyl/N-ethyl adjacent to an activating group) is 1. The van der Waals surface area contributed by atoms with Crippen molar-refractivity contribution >= 4 is 29.3 Å². The monoisotopic (exact) mass is 297 g/mol. The fourth-order valence-corrected chi connectivity index (χ4v) is 3.77. The molecule has 0 spiro atoms. The van der Waals surface area contributed by atoms with Crippen molar-refractivity contribution in [2.24, 2.45) is 0 Å². The normalized spacial score (nSPS) is 17.3. The number of hydrogen-bond acceptors (Lipinski definition) is 2. The summed E-state index contributed by atoms with van der Waals surface area (Å²) in [4.78, 5) is 15.6. The predicted molar refractivity (Wildman–Crippen MR) is 82.1 cm³/mol. The highest BCUT2D eigenvalue weighted by Gasteiger charge is 2.30. The van der Waals surface area contributed by atoms with Gasteiger partial charge in [0.1, 0.15) is 0 Å². The van der Waals surface area contributed by atoms with Crippen molar-refractivity contribution in [2.45, 2.75) is 30.1 Å². The number of fused-ring (bicyclic) bond motifs is 1. The summed E-state index contributed by atoms with van der Waals surface area (Å²) in [6, 6.07) is 8.24. The first kappa shape index (κ1) is 14.7. The van der Waals surface area contributed by atoms with Gasteiger partial charge < -0.3 is 4.90 Å². The lowest BCUT2D eigenvalue weighted by Crippen LogP contribution is -2.32. The molecule has 0 radical (unpaired) electrons. The van der Waals surface area contributed by atoms with E-state index in [0.29, 0.717) is 5.88 Å². The van der Waals surface area contributed by atoms with E-state index in [1.165, 1.54) is 10.5 Å². The van der Waals surface area contributed by atoms with Crippen LogP contribution >= 0.6 is 23.4 Å². The van der Waals surface area contributed by atoms with Crippen LogP contribution in [0.5, 0.6) is 0 Å². The molecular weight excluding hydrogens is 278 g/mol. The van der Waals surface area contributed by atoms with Gasteiger partial charge in [-0.2, -0.15) is 0 Å². The molecule has 1 amide bonds. The number of carbonyl (C=O) groups is 1. The van der Waals surface area contributed by atoms with E-state index in [9.17, 15) is 4.79 Å². The van der Waals surface area contributed by atoms with Gasteiger partial charge in [0.05, 0.1) is 5.92 Å². The Kier molecular flexibility index (Phi) is 5.59. The molecule has 19 heavy (non-hydrogen) atoms. The Morgan fingerprint density at radius 3 is 2.95 bits per heavy atom. The van der Waals surface area contributed by atoms with Crippen LogP contribution in [-0.4, -0.2) is 36.0 Å². The molecule has 4 heteroatoms. The third kappa shape index (κ3) is 3.67. The first-order valence-electron chi connectivity index (χ1n) is 6.76. The molecule has 0 aromatic heterocycles. The average Bonchev–Trinajstić information content (AvgIpc) is 2.86. The highest BCUT2D eigenvalue weighted by Crippen LogP contribution is 2.40. The first-order chi connectivity index (χ1) is 9.24. The zero-order valence-corrected chi connectivity index (χ0v) is 12.8. The van der Waals surface area contributed by atoms with Crippen LogP contribution < -0.4 is 0 Å². The second kappa shape index (κ2) is 7.20. The van der Waals surface area contributed by atoms with Crippen LogP contribution in [0.15, 0.2) is 29.2 Å². The SMILES string of the molecule is CN(CCCCCCl)C(=O)C1CSc2ccccc21. The molecule has 1 aromatic carbocycles. The molecule has 0 fully saturated rings. The van der Waals surface area contributed by atoms with E-state index in [-0.39, 0.29) is 11.8 Å². The van der Waals surface area contributed by atoms with Crippen LogP contribution in [0, 0.1) is 0 Å². The summed E-state index contributed by atoms with van der Waals surface area (Å²) < 4.78 is 0. The fraction of sp³-hybridized carbons (Fsp3) is 0.533. The minimum atomic E-state index is 0.0410. The second-order valence-electron chi connectivity index (χ2n) is 4.91. The van der Waals surface area contributed by atoms with Crippen molar-refractivity contribution in [2.75, 3.05) is 25.2 Å². The number of carbonyl (C=O) groups excluding carboxylic acids is 1. The average molecular weight is 298 g/mol. The molecule has 0 saturated heterocycles. The Labute approximate surface area is 124 Å². The standard InChI is InChI=1S/C15H20ClNOS/c1-17(10-6-2-5-9-16)15(18)13-11-19-14-8-4-3-7-12(13)14/h3-4,7-8,13H,2,5-6,9-11H2,1H3. The summed E-state index contributed by atoms with van der Waals surface area (Å²) in [6.07, 6.45) is 3.17. The van der Waals surface area contributed by atoms with Crippen molar-refractivity contribution < 1.29 is 4.79 Å². The van der Waals surface area contributed by atoms with Crippen molar-refractivity contribution in [3.05, 3.63) is 29.8 Å². The third-order valence-corrected chi connectivity index (χ3v) is 4.95. The van der Waals surface area contributed by atoms with Crippen LogP contribution in [0.3, 0.4) is 0 Å². The Hall–Kier alpha value is -0.670. The Balaban J connectivity index is 1.90. The summed E-state index contributed by atoms with van der Waals surface area (Å²) in [6.45, 7) is 0.832. The first-order valence-corrected chi connectivity index (χ1v) is 8.28. The van der Waals surface area contributed by atoms with Gasteiger partial charge in [-0.25, -0.2) is 0 Å². The van der Waals surface area contributed by atoms with Gasteiger partial charge in [0.25, 0.3) is 0 Å². The van der Waals surface area contributed by atoms with Crippen molar-refractivity contribution in [1.82, 2.24) is 4.90 Å². The smallest absolute Gasteiger partial charge is 0.230 e.